The lowest BCUT2D eigenvalue weighted by Crippen LogP contribution is -2.19. The lowest BCUT2D eigenvalue weighted by molar-refractivity contribution is 0.0565. The van der Waals surface area contributed by atoms with E-state index >= 15 is 0 Å². The minimum Gasteiger partial charge on any atom is -0.393 e. The van der Waals surface area contributed by atoms with E-state index in [1.54, 1.807) is 7.11 Å². The van der Waals surface area contributed by atoms with Crippen LogP contribution >= 0.6 is 0 Å². The van der Waals surface area contributed by atoms with Crippen molar-refractivity contribution in [1.29, 1.82) is 0 Å². The molecule has 0 heterocycles. The van der Waals surface area contributed by atoms with Gasteiger partial charge in [0.1, 0.15) is 0 Å². The summed E-state index contributed by atoms with van der Waals surface area (Å²) in [6.45, 7) is 1.84. The van der Waals surface area contributed by atoms with Gasteiger partial charge in [0.2, 0.25) is 0 Å². The molecule has 1 rings (SSSR count). The van der Waals surface area contributed by atoms with Crippen LogP contribution < -0.4 is 0 Å². The van der Waals surface area contributed by atoms with Crippen LogP contribution in [0.25, 0.3) is 0 Å². The van der Waals surface area contributed by atoms with Crippen molar-refractivity contribution in [2.45, 2.75) is 32.0 Å². The minimum atomic E-state index is -0.885. The number of aliphatic hydroxyl groups is 1. The summed E-state index contributed by atoms with van der Waals surface area (Å²) in [5, 5.41) is 9.67. The third-order valence-corrected chi connectivity index (χ3v) is 2.46. The smallest absolute Gasteiger partial charge is 0.159 e. The molecule has 1 N–H and O–H groups in total. The molecule has 1 aromatic rings. The topological polar surface area (TPSA) is 29.5 Å². The second kappa shape index (κ2) is 5.92. The van der Waals surface area contributed by atoms with Crippen LogP contribution in [0, 0.1) is 11.6 Å². The van der Waals surface area contributed by atoms with Gasteiger partial charge < -0.3 is 9.84 Å². The van der Waals surface area contributed by atoms with Gasteiger partial charge >= 0.3 is 0 Å². The zero-order valence-electron chi connectivity index (χ0n) is 9.41. The van der Waals surface area contributed by atoms with Crippen LogP contribution in [0.2, 0.25) is 0 Å². The molecule has 0 spiro atoms. The Hall–Kier alpha value is -1.00. The molecule has 0 aliphatic carbocycles. The average molecular weight is 230 g/mol. The van der Waals surface area contributed by atoms with Crippen molar-refractivity contribution >= 4 is 0 Å². The number of aliphatic hydroxyl groups excluding tert-OH is 1. The predicted molar refractivity (Wildman–Crippen MR) is 57.2 cm³/mol. The first kappa shape index (κ1) is 13.1. The van der Waals surface area contributed by atoms with Gasteiger partial charge in [0.15, 0.2) is 11.6 Å². The Bertz CT molecular complexity index is 342. The lowest BCUT2D eigenvalue weighted by atomic mass is 10.0. The molecular formula is C12H16F2O2. The van der Waals surface area contributed by atoms with Crippen molar-refractivity contribution in [2.24, 2.45) is 0 Å². The standard InChI is InChI=1S/C12H16F2O2/c1-8(16-2)5-10(15)6-9-3-4-11(13)12(14)7-9/h3-4,7-8,10,15H,5-6H2,1-2H3. The predicted octanol–water partition coefficient (Wildman–Crippen LogP) is 2.29. The molecule has 90 valence electrons. The van der Waals surface area contributed by atoms with Crippen molar-refractivity contribution in [3.05, 3.63) is 35.4 Å². The molecular weight excluding hydrogens is 214 g/mol. The van der Waals surface area contributed by atoms with Gasteiger partial charge in [-0.15, -0.1) is 0 Å². The summed E-state index contributed by atoms with van der Waals surface area (Å²) in [6, 6.07) is 3.65. The summed E-state index contributed by atoms with van der Waals surface area (Å²) in [6.07, 6.45) is 0.0977. The molecule has 0 aliphatic heterocycles. The second-order valence-electron chi connectivity index (χ2n) is 3.89. The van der Waals surface area contributed by atoms with Crippen molar-refractivity contribution in [3.63, 3.8) is 0 Å². The van der Waals surface area contributed by atoms with Crippen LogP contribution in [0.1, 0.15) is 18.9 Å². The number of rotatable bonds is 5. The number of halogens is 2. The Morgan fingerprint density at radius 3 is 2.56 bits per heavy atom. The third-order valence-electron chi connectivity index (χ3n) is 2.46. The zero-order valence-corrected chi connectivity index (χ0v) is 9.41. The maximum Gasteiger partial charge on any atom is 0.159 e. The molecule has 0 saturated carbocycles. The fourth-order valence-electron chi connectivity index (χ4n) is 1.50. The highest BCUT2D eigenvalue weighted by atomic mass is 19.2. The maximum atomic E-state index is 12.9. The number of methoxy groups -OCH3 is 1. The minimum absolute atomic E-state index is 0.0553. The van der Waals surface area contributed by atoms with Crippen LogP contribution in [0.3, 0.4) is 0 Å². The fourth-order valence-corrected chi connectivity index (χ4v) is 1.50. The summed E-state index contributed by atoms with van der Waals surface area (Å²) in [7, 11) is 1.56. The van der Waals surface area contributed by atoms with Crippen LogP contribution in [0.5, 0.6) is 0 Å². The molecule has 2 atom stereocenters. The van der Waals surface area contributed by atoms with E-state index in [1.165, 1.54) is 6.07 Å². The number of hydrogen-bond acceptors (Lipinski definition) is 2. The van der Waals surface area contributed by atoms with Gasteiger partial charge in [0.05, 0.1) is 12.2 Å². The van der Waals surface area contributed by atoms with Gasteiger partial charge in [-0.2, -0.15) is 0 Å². The van der Waals surface area contributed by atoms with Crippen LogP contribution in [0.15, 0.2) is 18.2 Å². The number of ether oxygens (including phenoxy) is 1. The van der Waals surface area contributed by atoms with E-state index in [2.05, 4.69) is 0 Å². The number of benzene rings is 1. The molecule has 2 unspecified atom stereocenters. The summed E-state index contributed by atoms with van der Waals surface area (Å²) < 4.78 is 30.5. The monoisotopic (exact) mass is 230 g/mol. The normalized spacial score (nSPS) is 14.8. The molecule has 0 fully saturated rings. The van der Waals surface area contributed by atoms with Crippen LogP contribution in [0.4, 0.5) is 8.78 Å². The molecule has 0 radical (unpaired) electrons. The quantitative estimate of drug-likeness (QED) is 0.841. The molecule has 0 bridgehead atoms. The SMILES string of the molecule is COC(C)CC(O)Cc1ccc(F)c(F)c1. The average Bonchev–Trinajstić information content (AvgIpc) is 2.23. The highest BCUT2D eigenvalue weighted by Gasteiger charge is 2.11. The van der Waals surface area contributed by atoms with Crippen molar-refractivity contribution < 1.29 is 18.6 Å². The van der Waals surface area contributed by atoms with E-state index in [0.29, 0.717) is 18.4 Å². The van der Waals surface area contributed by atoms with E-state index in [9.17, 15) is 13.9 Å². The van der Waals surface area contributed by atoms with E-state index < -0.39 is 17.7 Å². The first-order valence-electron chi connectivity index (χ1n) is 5.17. The molecule has 0 amide bonds. The molecule has 4 heteroatoms. The Morgan fingerprint density at radius 2 is 2.00 bits per heavy atom. The molecule has 0 aliphatic rings. The molecule has 0 saturated heterocycles. The van der Waals surface area contributed by atoms with Gasteiger partial charge in [-0.05, 0) is 37.5 Å². The van der Waals surface area contributed by atoms with Gasteiger partial charge in [-0.25, -0.2) is 8.78 Å². The Labute approximate surface area is 93.9 Å². The highest BCUT2D eigenvalue weighted by Crippen LogP contribution is 2.13. The molecule has 1 aromatic carbocycles. The first-order chi connectivity index (χ1) is 7.52. The van der Waals surface area contributed by atoms with Gasteiger partial charge in [-0.1, -0.05) is 6.07 Å². The summed E-state index contributed by atoms with van der Waals surface area (Å²) >= 11 is 0. The van der Waals surface area contributed by atoms with Crippen LogP contribution in [-0.4, -0.2) is 24.4 Å². The summed E-state index contributed by atoms with van der Waals surface area (Å²) in [5.41, 5.74) is 0.578. The zero-order chi connectivity index (χ0) is 12.1. The molecule has 2 nitrogen and oxygen atoms in total. The van der Waals surface area contributed by atoms with Crippen molar-refractivity contribution in [3.8, 4) is 0 Å². The Morgan fingerprint density at radius 1 is 1.31 bits per heavy atom. The third kappa shape index (κ3) is 3.87. The largest absolute Gasteiger partial charge is 0.393 e. The maximum absolute atomic E-state index is 12.9. The van der Waals surface area contributed by atoms with Crippen molar-refractivity contribution in [1.82, 2.24) is 0 Å². The Kier molecular flexibility index (Phi) is 4.83. The summed E-state index contributed by atoms with van der Waals surface area (Å²) in [5.74, 6) is -1.76. The highest BCUT2D eigenvalue weighted by molar-refractivity contribution is 5.18. The van der Waals surface area contributed by atoms with E-state index in [0.717, 1.165) is 12.1 Å². The molecule has 0 aromatic heterocycles. The van der Waals surface area contributed by atoms with Gasteiger partial charge in [0.25, 0.3) is 0 Å². The van der Waals surface area contributed by atoms with Gasteiger partial charge in [-0.3, -0.25) is 0 Å². The van der Waals surface area contributed by atoms with Gasteiger partial charge in [0, 0.05) is 7.11 Å². The Balaban J connectivity index is 2.56. The van der Waals surface area contributed by atoms with E-state index in [-0.39, 0.29) is 6.10 Å². The first-order valence-corrected chi connectivity index (χ1v) is 5.17. The second-order valence-corrected chi connectivity index (χ2v) is 3.89. The fraction of sp³-hybridized carbons (Fsp3) is 0.500. The number of hydrogen-bond donors (Lipinski definition) is 1. The van der Waals surface area contributed by atoms with E-state index in [1.807, 2.05) is 6.92 Å². The van der Waals surface area contributed by atoms with E-state index in [4.69, 9.17) is 4.74 Å². The summed E-state index contributed by atoms with van der Waals surface area (Å²) in [4.78, 5) is 0. The molecule has 16 heavy (non-hydrogen) atoms. The van der Waals surface area contributed by atoms with Crippen molar-refractivity contribution in [2.75, 3.05) is 7.11 Å². The van der Waals surface area contributed by atoms with Crippen LogP contribution in [-0.2, 0) is 11.2 Å². The lowest BCUT2D eigenvalue weighted by Gasteiger charge is -2.15.